The number of likely N-dealkylation sites (tertiary alicyclic amines) is 1. The first-order valence-electron chi connectivity index (χ1n) is 14.4. The second-order valence-electron chi connectivity index (χ2n) is 12.2. The summed E-state index contributed by atoms with van der Waals surface area (Å²) >= 11 is 0. The molecule has 1 saturated heterocycles. The van der Waals surface area contributed by atoms with Crippen LogP contribution in [0.3, 0.4) is 0 Å². The Morgan fingerprint density at radius 2 is 1.92 bits per heavy atom. The van der Waals surface area contributed by atoms with Crippen molar-refractivity contribution in [2.75, 3.05) is 32.9 Å². The monoisotopic (exact) mass is 518 g/mol. The number of aryl methyl sites for hydroxylation is 1. The molecule has 2 N–H and O–H groups in total. The van der Waals surface area contributed by atoms with Gasteiger partial charge < -0.3 is 15.2 Å². The van der Waals surface area contributed by atoms with Crippen molar-refractivity contribution in [3.63, 3.8) is 0 Å². The van der Waals surface area contributed by atoms with Crippen LogP contribution in [0.15, 0.2) is 59.7 Å². The Bertz CT molecular complexity index is 1180. The molecule has 0 bridgehead atoms. The predicted molar refractivity (Wildman–Crippen MR) is 154 cm³/mol. The topological polar surface area (TPSA) is 44.7 Å². The molecule has 0 saturated carbocycles. The molecular formula is C33H43FN2O2. The van der Waals surface area contributed by atoms with Gasteiger partial charge in [0, 0.05) is 32.2 Å². The van der Waals surface area contributed by atoms with E-state index < -0.39 is 0 Å². The standard InChI is InChI=1S/C33H43FN2O2/c1-33(2,3)31-21-25(14-17-35-31)29-7-4-6-24-20-26(37)10-13-30(24)32(29)23-8-11-27(12-9-23)38-28-15-19-36(22-28)18-5-16-34/h8-14,20,28,31,35,37H,4-7,15-19,21-22H2,1-3H3/t28-,31?/m0/s1. The largest absolute Gasteiger partial charge is 0.508 e. The highest BCUT2D eigenvalue weighted by molar-refractivity contribution is 5.87. The van der Waals surface area contributed by atoms with E-state index in [2.05, 4.69) is 67.4 Å². The highest BCUT2D eigenvalue weighted by Gasteiger charge is 2.30. The average molecular weight is 519 g/mol. The van der Waals surface area contributed by atoms with Gasteiger partial charge in [-0.1, -0.05) is 45.0 Å². The third kappa shape index (κ3) is 6.16. The van der Waals surface area contributed by atoms with Crippen LogP contribution < -0.4 is 10.1 Å². The minimum atomic E-state index is -0.256. The summed E-state index contributed by atoms with van der Waals surface area (Å²) in [6.45, 7) is 10.2. The van der Waals surface area contributed by atoms with Gasteiger partial charge in [0.15, 0.2) is 0 Å². The van der Waals surface area contributed by atoms with Crippen LogP contribution in [0.4, 0.5) is 4.39 Å². The first kappa shape index (κ1) is 27.0. The van der Waals surface area contributed by atoms with Crippen LogP contribution in [0, 0.1) is 5.41 Å². The minimum Gasteiger partial charge on any atom is -0.508 e. The molecule has 1 fully saturated rings. The maximum Gasteiger partial charge on any atom is 0.119 e. The molecule has 2 aromatic carbocycles. The molecular weight excluding hydrogens is 475 g/mol. The Morgan fingerprint density at radius 1 is 1.11 bits per heavy atom. The van der Waals surface area contributed by atoms with Crippen molar-refractivity contribution in [2.24, 2.45) is 5.41 Å². The van der Waals surface area contributed by atoms with E-state index in [9.17, 15) is 9.50 Å². The summed E-state index contributed by atoms with van der Waals surface area (Å²) in [4.78, 5) is 2.30. The number of halogens is 1. The number of hydrogen-bond acceptors (Lipinski definition) is 4. The lowest BCUT2D eigenvalue weighted by molar-refractivity contribution is 0.198. The molecule has 5 heteroatoms. The SMILES string of the molecule is CC(C)(C)C1CC(C2=C(c3ccc(O[C@H]4CCN(CCCF)C4)cc3)c3ccc(O)cc3CCC2)=CCN1. The van der Waals surface area contributed by atoms with Gasteiger partial charge in [0.2, 0.25) is 0 Å². The van der Waals surface area contributed by atoms with Crippen molar-refractivity contribution >= 4 is 5.57 Å². The van der Waals surface area contributed by atoms with E-state index >= 15 is 0 Å². The van der Waals surface area contributed by atoms with Gasteiger partial charge in [-0.05, 0) is 102 Å². The maximum atomic E-state index is 12.6. The van der Waals surface area contributed by atoms with Gasteiger partial charge in [0.1, 0.15) is 17.6 Å². The third-order valence-corrected chi connectivity index (χ3v) is 8.39. The number of hydrogen-bond donors (Lipinski definition) is 2. The van der Waals surface area contributed by atoms with Crippen LogP contribution in [0.5, 0.6) is 11.5 Å². The molecule has 0 aromatic heterocycles. The number of alkyl halides is 1. The van der Waals surface area contributed by atoms with E-state index in [0.717, 1.165) is 64.0 Å². The summed E-state index contributed by atoms with van der Waals surface area (Å²) in [6, 6.07) is 14.9. The second-order valence-corrected chi connectivity index (χ2v) is 12.2. The van der Waals surface area contributed by atoms with Gasteiger partial charge in [-0.25, -0.2) is 0 Å². The summed E-state index contributed by atoms with van der Waals surface area (Å²) < 4.78 is 18.9. The number of ether oxygens (including phenoxy) is 1. The zero-order valence-corrected chi connectivity index (χ0v) is 23.2. The quantitative estimate of drug-likeness (QED) is 0.429. The van der Waals surface area contributed by atoms with Gasteiger partial charge >= 0.3 is 0 Å². The summed E-state index contributed by atoms with van der Waals surface area (Å²) in [5, 5.41) is 14.0. The summed E-state index contributed by atoms with van der Waals surface area (Å²) in [6.07, 6.45) is 8.22. The first-order chi connectivity index (χ1) is 18.3. The Hall–Kier alpha value is -2.63. The van der Waals surface area contributed by atoms with Gasteiger partial charge in [0.05, 0.1) is 6.67 Å². The molecule has 0 spiro atoms. The van der Waals surface area contributed by atoms with Crippen LogP contribution in [-0.4, -0.2) is 55.0 Å². The maximum absolute atomic E-state index is 12.6. The number of nitrogens with one attached hydrogen (secondary N) is 1. The van der Waals surface area contributed by atoms with E-state index in [1.165, 1.54) is 33.4 Å². The van der Waals surface area contributed by atoms with Gasteiger partial charge in [-0.3, -0.25) is 9.29 Å². The van der Waals surface area contributed by atoms with Crippen LogP contribution in [0.1, 0.15) is 69.6 Å². The molecule has 0 amide bonds. The number of fused-ring (bicyclic) bond motifs is 1. The van der Waals surface area contributed by atoms with E-state index in [0.29, 0.717) is 18.2 Å². The minimum absolute atomic E-state index is 0.158. The molecule has 1 unspecified atom stereocenters. The van der Waals surface area contributed by atoms with Crippen molar-refractivity contribution in [1.82, 2.24) is 10.2 Å². The fourth-order valence-electron chi connectivity index (χ4n) is 6.26. The fourth-order valence-corrected chi connectivity index (χ4v) is 6.26. The van der Waals surface area contributed by atoms with Crippen LogP contribution in [0.2, 0.25) is 0 Å². The Kier molecular flexibility index (Phi) is 8.25. The van der Waals surface area contributed by atoms with E-state index in [4.69, 9.17) is 4.74 Å². The van der Waals surface area contributed by atoms with Crippen LogP contribution in [-0.2, 0) is 6.42 Å². The number of benzene rings is 2. The predicted octanol–water partition coefficient (Wildman–Crippen LogP) is 6.68. The van der Waals surface area contributed by atoms with Gasteiger partial charge in [0.25, 0.3) is 0 Å². The summed E-state index contributed by atoms with van der Waals surface area (Å²) in [5.74, 6) is 1.22. The molecule has 2 aliphatic heterocycles. The van der Waals surface area contributed by atoms with E-state index in [1.54, 1.807) is 0 Å². The number of allylic oxidation sites excluding steroid dienone is 1. The molecule has 2 heterocycles. The molecule has 0 radical (unpaired) electrons. The normalized spacial score (nSPS) is 22.7. The molecule has 5 rings (SSSR count). The molecule has 204 valence electrons. The average Bonchev–Trinajstić information content (AvgIpc) is 3.26. The molecule has 4 nitrogen and oxygen atoms in total. The van der Waals surface area contributed by atoms with Crippen molar-refractivity contribution in [1.29, 1.82) is 0 Å². The first-order valence-corrected chi connectivity index (χ1v) is 14.4. The zero-order chi connectivity index (χ0) is 26.7. The number of phenolic OH excluding ortho intramolecular Hbond substituents is 1. The number of nitrogens with zero attached hydrogens (tertiary/aromatic N) is 1. The van der Waals surface area contributed by atoms with Gasteiger partial charge in [-0.2, -0.15) is 0 Å². The summed E-state index contributed by atoms with van der Waals surface area (Å²) in [5.41, 5.74) is 8.03. The van der Waals surface area contributed by atoms with Gasteiger partial charge in [-0.15, -0.1) is 0 Å². The highest BCUT2D eigenvalue weighted by Crippen LogP contribution is 2.42. The lowest BCUT2D eigenvalue weighted by Crippen LogP contribution is -2.43. The third-order valence-electron chi connectivity index (χ3n) is 8.39. The second kappa shape index (κ2) is 11.6. The van der Waals surface area contributed by atoms with Crippen molar-refractivity contribution in [3.8, 4) is 11.5 Å². The molecule has 3 aliphatic rings. The molecule has 1 aliphatic carbocycles. The van der Waals surface area contributed by atoms with Crippen LogP contribution in [0.25, 0.3) is 5.57 Å². The Morgan fingerprint density at radius 3 is 2.68 bits per heavy atom. The van der Waals surface area contributed by atoms with E-state index in [1.807, 2.05) is 12.1 Å². The Balaban J connectivity index is 1.45. The Labute approximate surface area is 227 Å². The number of rotatable bonds is 7. The van der Waals surface area contributed by atoms with Crippen molar-refractivity contribution in [2.45, 2.75) is 71.4 Å². The van der Waals surface area contributed by atoms with Crippen molar-refractivity contribution in [3.05, 3.63) is 76.4 Å². The fraction of sp³-hybridized carbons (Fsp3) is 0.515. The highest BCUT2D eigenvalue weighted by atomic mass is 19.1. The lowest BCUT2D eigenvalue weighted by atomic mass is 9.78. The lowest BCUT2D eigenvalue weighted by Gasteiger charge is -2.36. The molecule has 2 atom stereocenters. The smallest absolute Gasteiger partial charge is 0.119 e. The van der Waals surface area contributed by atoms with Crippen LogP contribution >= 0.6 is 0 Å². The number of phenols is 1. The zero-order valence-electron chi connectivity index (χ0n) is 23.2. The molecule has 2 aromatic rings. The molecule has 38 heavy (non-hydrogen) atoms. The summed E-state index contributed by atoms with van der Waals surface area (Å²) in [7, 11) is 0. The van der Waals surface area contributed by atoms with Crippen molar-refractivity contribution < 1.29 is 14.2 Å². The number of aromatic hydroxyl groups is 1. The van der Waals surface area contributed by atoms with E-state index in [-0.39, 0.29) is 18.2 Å².